The van der Waals surface area contributed by atoms with Gasteiger partial charge in [0.1, 0.15) is 11.6 Å². The minimum absolute atomic E-state index is 0.0353. The fourth-order valence-electron chi connectivity index (χ4n) is 3.32. The topological polar surface area (TPSA) is 59.8 Å². The Morgan fingerprint density at radius 1 is 1.12 bits per heavy atom. The molecule has 4 rings (SSSR count). The Morgan fingerprint density at radius 3 is 2.84 bits per heavy atom. The zero-order chi connectivity index (χ0) is 17.2. The first-order valence-corrected chi connectivity index (χ1v) is 8.56. The molecule has 1 aromatic carbocycles. The average Bonchev–Trinajstić information content (AvgIpc) is 3.27. The molecule has 0 atom stereocenters. The largest absolute Gasteiger partial charge is 0.348 e. The maximum atomic E-state index is 12.4. The first-order chi connectivity index (χ1) is 12.2. The van der Waals surface area contributed by atoms with Gasteiger partial charge in [-0.1, -0.05) is 6.07 Å². The number of nitrogens with zero attached hydrogens (tertiary/aromatic N) is 3. The van der Waals surface area contributed by atoms with Crippen LogP contribution in [0.4, 0.5) is 0 Å². The number of fused-ring (bicyclic) bond motifs is 1. The van der Waals surface area contributed by atoms with Gasteiger partial charge in [0.05, 0.1) is 0 Å². The van der Waals surface area contributed by atoms with Crippen molar-refractivity contribution in [1.29, 1.82) is 0 Å². The van der Waals surface area contributed by atoms with E-state index in [1.165, 1.54) is 17.5 Å². The highest BCUT2D eigenvalue weighted by Gasteiger charge is 2.14. The van der Waals surface area contributed by atoms with E-state index in [9.17, 15) is 4.79 Å². The zero-order valence-electron chi connectivity index (χ0n) is 14.2. The molecule has 2 heterocycles. The van der Waals surface area contributed by atoms with Gasteiger partial charge in [-0.15, -0.1) is 0 Å². The van der Waals surface area contributed by atoms with Crippen molar-refractivity contribution in [3.05, 3.63) is 77.0 Å². The molecule has 0 aliphatic heterocycles. The van der Waals surface area contributed by atoms with Crippen molar-refractivity contribution < 1.29 is 4.79 Å². The summed E-state index contributed by atoms with van der Waals surface area (Å²) in [5, 5.41) is 3.00. The standard InChI is InChI=1S/C20H20N4O/c1-14-21-9-10-24(14)19-11-15(7-8-22-19)13-23-20(25)18-6-5-16-3-2-4-17(16)12-18/h5-12H,2-4,13H2,1H3,(H,23,25). The number of nitrogens with one attached hydrogen (secondary N) is 1. The van der Waals surface area contributed by atoms with Crippen LogP contribution in [0.2, 0.25) is 0 Å². The number of imidazole rings is 1. The summed E-state index contributed by atoms with van der Waals surface area (Å²) in [4.78, 5) is 21.0. The number of hydrogen-bond acceptors (Lipinski definition) is 3. The molecular weight excluding hydrogens is 312 g/mol. The monoisotopic (exact) mass is 332 g/mol. The Kier molecular flexibility index (Phi) is 4.06. The number of carbonyl (C=O) groups is 1. The number of aromatic nitrogens is 3. The number of carbonyl (C=O) groups excluding carboxylic acids is 1. The summed E-state index contributed by atoms with van der Waals surface area (Å²) in [5.41, 5.74) is 4.44. The summed E-state index contributed by atoms with van der Waals surface area (Å²) < 4.78 is 1.92. The van der Waals surface area contributed by atoms with E-state index in [1.54, 1.807) is 12.4 Å². The Morgan fingerprint density at radius 2 is 2.00 bits per heavy atom. The van der Waals surface area contributed by atoms with E-state index in [0.717, 1.165) is 35.6 Å². The number of aryl methyl sites for hydroxylation is 3. The molecule has 1 aliphatic rings. The SMILES string of the molecule is Cc1nccn1-c1cc(CNC(=O)c2ccc3c(c2)CCC3)ccn1. The zero-order valence-corrected chi connectivity index (χ0v) is 14.2. The first-order valence-electron chi connectivity index (χ1n) is 8.56. The molecule has 0 spiro atoms. The van der Waals surface area contributed by atoms with Gasteiger partial charge in [-0.25, -0.2) is 9.97 Å². The van der Waals surface area contributed by atoms with Gasteiger partial charge in [0.2, 0.25) is 0 Å². The van der Waals surface area contributed by atoms with Crippen molar-refractivity contribution in [2.45, 2.75) is 32.7 Å². The predicted octanol–water partition coefficient (Wildman–Crippen LogP) is 2.99. The Balaban J connectivity index is 1.46. The van der Waals surface area contributed by atoms with Gasteiger partial charge in [-0.3, -0.25) is 9.36 Å². The molecule has 0 bridgehead atoms. The molecule has 0 fully saturated rings. The van der Waals surface area contributed by atoms with Crippen LogP contribution in [0, 0.1) is 6.92 Å². The van der Waals surface area contributed by atoms with Gasteiger partial charge in [0, 0.05) is 30.7 Å². The minimum Gasteiger partial charge on any atom is -0.348 e. The second kappa shape index (κ2) is 6.51. The smallest absolute Gasteiger partial charge is 0.251 e. The molecule has 0 saturated heterocycles. The molecule has 0 unspecified atom stereocenters. The van der Waals surface area contributed by atoms with Crippen LogP contribution < -0.4 is 5.32 Å². The molecular formula is C20H20N4O. The molecule has 0 saturated carbocycles. The lowest BCUT2D eigenvalue weighted by Crippen LogP contribution is -2.23. The van der Waals surface area contributed by atoms with E-state index >= 15 is 0 Å². The lowest BCUT2D eigenvalue weighted by molar-refractivity contribution is 0.0951. The van der Waals surface area contributed by atoms with Crippen molar-refractivity contribution in [2.75, 3.05) is 0 Å². The van der Waals surface area contributed by atoms with Crippen molar-refractivity contribution in [1.82, 2.24) is 19.9 Å². The van der Waals surface area contributed by atoms with Gasteiger partial charge < -0.3 is 5.32 Å². The molecule has 5 nitrogen and oxygen atoms in total. The van der Waals surface area contributed by atoms with Crippen LogP contribution in [0.25, 0.3) is 5.82 Å². The van der Waals surface area contributed by atoms with Gasteiger partial charge >= 0.3 is 0 Å². The second-order valence-corrected chi connectivity index (χ2v) is 6.39. The van der Waals surface area contributed by atoms with E-state index in [0.29, 0.717) is 6.54 Å². The third kappa shape index (κ3) is 3.18. The first kappa shape index (κ1) is 15.6. The number of pyridine rings is 1. The third-order valence-corrected chi connectivity index (χ3v) is 4.70. The third-order valence-electron chi connectivity index (χ3n) is 4.70. The second-order valence-electron chi connectivity index (χ2n) is 6.39. The van der Waals surface area contributed by atoms with Crippen LogP contribution in [-0.4, -0.2) is 20.4 Å². The van der Waals surface area contributed by atoms with Crippen LogP contribution in [0.3, 0.4) is 0 Å². The van der Waals surface area contributed by atoms with Gasteiger partial charge in [0.15, 0.2) is 0 Å². The van der Waals surface area contributed by atoms with Crippen LogP contribution in [-0.2, 0) is 19.4 Å². The van der Waals surface area contributed by atoms with E-state index in [-0.39, 0.29) is 5.91 Å². The number of benzene rings is 1. The highest BCUT2D eigenvalue weighted by atomic mass is 16.1. The molecule has 1 aliphatic carbocycles. The molecule has 126 valence electrons. The predicted molar refractivity (Wildman–Crippen MR) is 95.7 cm³/mol. The van der Waals surface area contributed by atoms with E-state index < -0.39 is 0 Å². The molecule has 0 radical (unpaired) electrons. The van der Waals surface area contributed by atoms with E-state index in [4.69, 9.17) is 0 Å². The molecule has 25 heavy (non-hydrogen) atoms. The fraction of sp³-hybridized carbons (Fsp3) is 0.250. The average molecular weight is 332 g/mol. The lowest BCUT2D eigenvalue weighted by atomic mass is 10.1. The summed E-state index contributed by atoms with van der Waals surface area (Å²) in [6, 6.07) is 9.93. The Hall–Kier alpha value is -2.95. The summed E-state index contributed by atoms with van der Waals surface area (Å²) in [5.74, 6) is 1.65. The Labute approximate surface area is 146 Å². The maximum absolute atomic E-state index is 12.4. The van der Waals surface area contributed by atoms with Crippen LogP contribution in [0.5, 0.6) is 0 Å². The quantitative estimate of drug-likeness (QED) is 0.799. The van der Waals surface area contributed by atoms with Crippen molar-refractivity contribution in [3.8, 4) is 5.82 Å². The van der Waals surface area contributed by atoms with Crippen LogP contribution >= 0.6 is 0 Å². The van der Waals surface area contributed by atoms with Gasteiger partial charge in [-0.05, 0) is 67.1 Å². The maximum Gasteiger partial charge on any atom is 0.251 e. The summed E-state index contributed by atoms with van der Waals surface area (Å²) >= 11 is 0. The van der Waals surface area contributed by atoms with Crippen molar-refractivity contribution >= 4 is 5.91 Å². The molecule has 2 aromatic heterocycles. The Bertz CT molecular complexity index is 929. The van der Waals surface area contributed by atoms with E-state index in [1.807, 2.05) is 42.0 Å². The molecule has 5 heteroatoms. The molecule has 3 aromatic rings. The summed E-state index contributed by atoms with van der Waals surface area (Å²) in [6.45, 7) is 2.41. The summed E-state index contributed by atoms with van der Waals surface area (Å²) in [6.07, 6.45) is 8.78. The molecule has 1 amide bonds. The number of amides is 1. The van der Waals surface area contributed by atoms with Crippen LogP contribution in [0.1, 0.15) is 39.3 Å². The van der Waals surface area contributed by atoms with Crippen molar-refractivity contribution in [2.24, 2.45) is 0 Å². The lowest BCUT2D eigenvalue weighted by Gasteiger charge is -2.09. The van der Waals surface area contributed by atoms with Gasteiger partial charge in [-0.2, -0.15) is 0 Å². The summed E-state index contributed by atoms with van der Waals surface area (Å²) in [7, 11) is 0. The van der Waals surface area contributed by atoms with Crippen molar-refractivity contribution in [3.63, 3.8) is 0 Å². The highest BCUT2D eigenvalue weighted by Crippen LogP contribution is 2.22. The molecule has 1 N–H and O–H groups in total. The number of hydrogen-bond donors (Lipinski definition) is 1. The minimum atomic E-state index is -0.0353. The van der Waals surface area contributed by atoms with Gasteiger partial charge in [0.25, 0.3) is 5.91 Å². The fourth-order valence-corrected chi connectivity index (χ4v) is 3.32. The normalized spacial score (nSPS) is 12.8. The number of rotatable bonds is 4. The van der Waals surface area contributed by atoms with E-state index in [2.05, 4.69) is 21.4 Å². The highest BCUT2D eigenvalue weighted by molar-refractivity contribution is 5.94. The van der Waals surface area contributed by atoms with Crippen LogP contribution in [0.15, 0.2) is 48.9 Å².